The van der Waals surface area contributed by atoms with Gasteiger partial charge in [0.15, 0.2) is 0 Å². The molecule has 3 rings (SSSR count). The van der Waals surface area contributed by atoms with Crippen LogP contribution in [-0.2, 0) is 10.2 Å². The van der Waals surface area contributed by atoms with Gasteiger partial charge in [-0.3, -0.25) is 0 Å². The van der Waals surface area contributed by atoms with Crippen LogP contribution >= 0.6 is 0 Å². The Labute approximate surface area is 130 Å². The van der Waals surface area contributed by atoms with Crippen LogP contribution in [0.1, 0.15) is 12.5 Å². The smallest absolute Gasteiger partial charge is 0.247 e. The second-order valence-electron chi connectivity index (χ2n) is 5.54. The van der Waals surface area contributed by atoms with Crippen LogP contribution < -0.4 is 0 Å². The van der Waals surface area contributed by atoms with E-state index in [9.17, 15) is 8.42 Å². The number of aromatic nitrogens is 3. The highest BCUT2D eigenvalue weighted by Crippen LogP contribution is 2.25. The maximum atomic E-state index is 12.1. The van der Waals surface area contributed by atoms with Crippen molar-refractivity contribution in [1.29, 1.82) is 0 Å². The fraction of sp³-hybridized carbons (Fsp3) is 0.429. The summed E-state index contributed by atoms with van der Waals surface area (Å²) in [6, 6.07) is 9.84. The van der Waals surface area contributed by atoms with E-state index in [0.29, 0.717) is 13.1 Å². The van der Waals surface area contributed by atoms with Crippen molar-refractivity contribution in [2.45, 2.75) is 12.5 Å². The van der Waals surface area contributed by atoms with Crippen molar-refractivity contribution in [3.8, 4) is 11.3 Å². The van der Waals surface area contributed by atoms with Gasteiger partial charge in [0, 0.05) is 32.7 Å². The first-order chi connectivity index (χ1) is 10.5. The minimum Gasteiger partial charge on any atom is -0.247 e. The average molecular weight is 321 g/mol. The molecule has 1 saturated heterocycles. The van der Waals surface area contributed by atoms with E-state index < -0.39 is 10.2 Å². The number of rotatable bonds is 4. The normalized spacial score (nSPS) is 19.9. The molecule has 1 unspecified atom stereocenters. The SMILES string of the molecule is CN(C)S(=O)(=O)N1CCC(n2cc(-c3ccccc3)nn2)C1. The molecule has 8 heteroatoms. The van der Waals surface area contributed by atoms with E-state index in [0.717, 1.165) is 17.7 Å². The first-order valence-electron chi connectivity index (χ1n) is 7.13. The Bertz CT molecular complexity index is 742. The molecular formula is C14H19N5O2S. The summed E-state index contributed by atoms with van der Waals surface area (Å²) < 4.78 is 28.8. The molecule has 1 fully saturated rings. The van der Waals surface area contributed by atoms with Crippen LogP contribution in [0.4, 0.5) is 0 Å². The lowest BCUT2D eigenvalue weighted by Gasteiger charge is -2.20. The van der Waals surface area contributed by atoms with E-state index in [1.807, 2.05) is 36.5 Å². The molecule has 0 radical (unpaired) electrons. The second kappa shape index (κ2) is 5.79. The molecule has 1 atom stereocenters. The third-order valence-electron chi connectivity index (χ3n) is 3.87. The lowest BCUT2D eigenvalue weighted by Crippen LogP contribution is -2.38. The van der Waals surface area contributed by atoms with Crippen molar-refractivity contribution in [2.24, 2.45) is 0 Å². The minimum atomic E-state index is -3.36. The van der Waals surface area contributed by atoms with E-state index >= 15 is 0 Å². The second-order valence-corrected chi connectivity index (χ2v) is 7.68. The van der Waals surface area contributed by atoms with Crippen molar-refractivity contribution < 1.29 is 8.42 Å². The monoisotopic (exact) mass is 321 g/mol. The summed E-state index contributed by atoms with van der Waals surface area (Å²) in [6.07, 6.45) is 2.62. The van der Waals surface area contributed by atoms with Crippen LogP contribution in [-0.4, -0.2) is 59.2 Å². The van der Waals surface area contributed by atoms with Gasteiger partial charge < -0.3 is 0 Å². The first kappa shape index (κ1) is 15.1. The highest BCUT2D eigenvalue weighted by molar-refractivity contribution is 7.86. The molecule has 118 valence electrons. The van der Waals surface area contributed by atoms with Crippen molar-refractivity contribution in [3.63, 3.8) is 0 Å². The summed E-state index contributed by atoms with van der Waals surface area (Å²) in [7, 11) is -0.263. The van der Waals surface area contributed by atoms with E-state index in [2.05, 4.69) is 10.3 Å². The van der Waals surface area contributed by atoms with Crippen molar-refractivity contribution in [3.05, 3.63) is 36.5 Å². The standard InChI is InChI=1S/C14H19N5O2S/c1-17(2)22(20,21)18-9-8-13(10-18)19-11-14(15-16-19)12-6-4-3-5-7-12/h3-7,11,13H,8-10H2,1-2H3. The van der Waals surface area contributed by atoms with Crippen molar-refractivity contribution >= 4 is 10.2 Å². The fourth-order valence-electron chi connectivity index (χ4n) is 2.56. The Morgan fingerprint density at radius 2 is 1.95 bits per heavy atom. The number of nitrogens with zero attached hydrogens (tertiary/aromatic N) is 5. The summed E-state index contributed by atoms with van der Waals surface area (Å²) in [5, 5.41) is 8.36. The predicted octanol–water partition coefficient (Wildman–Crippen LogP) is 0.998. The molecule has 1 aromatic heterocycles. The number of hydrogen-bond acceptors (Lipinski definition) is 4. The zero-order valence-electron chi connectivity index (χ0n) is 12.6. The van der Waals surface area contributed by atoms with Crippen LogP contribution in [0.25, 0.3) is 11.3 Å². The van der Waals surface area contributed by atoms with Gasteiger partial charge >= 0.3 is 0 Å². The molecule has 1 aliphatic heterocycles. The summed E-state index contributed by atoms with van der Waals surface area (Å²) in [6.45, 7) is 0.934. The van der Waals surface area contributed by atoms with Gasteiger partial charge in [0.2, 0.25) is 0 Å². The summed E-state index contributed by atoms with van der Waals surface area (Å²) in [5.74, 6) is 0. The van der Waals surface area contributed by atoms with Gasteiger partial charge in [0.1, 0.15) is 5.69 Å². The average Bonchev–Trinajstić information content (AvgIpc) is 3.17. The molecule has 2 heterocycles. The van der Waals surface area contributed by atoms with Crippen molar-refractivity contribution in [2.75, 3.05) is 27.2 Å². The Kier molecular flexibility index (Phi) is 3.98. The van der Waals surface area contributed by atoms with Crippen LogP contribution in [0.2, 0.25) is 0 Å². The van der Waals surface area contributed by atoms with Gasteiger partial charge in [0.05, 0.1) is 12.2 Å². The van der Waals surface area contributed by atoms with Gasteiger partial charge in [-0.05, 0) is 6.42 Å². The molecule has 0 bridgehead atoms. The topological polar surface area (TPSA) is 71.3 Å². The van der Waals surface area contributed by atoms with E-state index in [-0.39, 0.29) is 6.04 Å². The van der Waals surface area contributed by atoms with E-state index in [1.54, 1.807) is 18.8 Å². The molecule has 7 nitrogen and oxygen atoms in total. The van der Waals surface area contributed by atoms with Crippen LogP contribution in [0.5, 0.6) is 0 Å². The van der Waals surface area contributed by atoms with Gasteiger partial charge in [-0.25, -0.2) is 4.68 Å². The molecule has 1 aromatic carbocycles. The molecule has 1 aliphatic rings. The maximum Gasteiger partial charge on any atom is 0.281 e. The third kappa shape index (κ3) is 2.77. The maximum absolute atomic E-state index is 12.1. The predicted molar refractivity (Wildman–Crippen MR) is 83.3 cm³/mol. The highest BCUT2D eigenvalue weighted by atomic mass is 32.2. The molecule has 22 heavy (non-hydrogen) atoms. The number of benzene rings is 1. The number of hydrogen-bond donors (Lipinski definition) is 0. The lowest BCUT2D eigenvalue weighted by atomic mass is 10.2. The fourth-order valence-corrected chi connectivity index (χ4v) is 3.72. The third-order valence-corrected chi connectivity index (χ3v) is 5.77. The highest BCUT2D eigenvalue weighted by Gasteiger charge is 2.34. The van der Waals surface area contributed by atoms with Gasteiger partial charge in [0.25, 0.3) is 10.2 Å². The van der Waals surface area contributed by atoms with E-state index in [1.165, 1.54) is 8.61 Å². The molecule has 0 aliphatic carbocycles. The van der Waals surface area contributed by atoms with Crippen LogP contribution in [0.3, 0.4) is 0 Å². The molecule has 0 N–H and O–H groups in total. The largest absolute Gasteiger partial charge is 0.281 e. The summed E-state index contributed by atoms with van der Waals surface area (Å²) >= 11 is 0. The quantitative estimate of drug-likeness (QED) is 0.842. The molecule has 0 spiro atoms. The Balaban J connectivity index is 1.76. The Morgan fingerprint density at radius 1 is 1.23 bits per heavy atom. The van der Waals surface area contributed by atoms with Gasteiger partial charge in [-0.1, -0.05) is 35.5 Å². The summed E-state index contributed by atoms with van der Waals surface area (Å²) in [5.41, 5.74) is 1.80. The zero-order chi connectivity index (χ0) is 15.7. The Morgan fingerprint density at radius 3 is 2.64 bits per heavy atom. The zero-order valence-corrected chi connectivity index (χ0v) is 13.4. The van der Waals surface area contributed by atoms with Crippen LogP contribution in [0.15, 0.2) is 36.5 Å². The molecule has 0 saturated carbocycles. The van der Waals surface area contributed by atoms with Crippen LogP contribution in [0, 0.1) is 0 Å². The Hall–Kier alpha value is -1.77. The van der Waals surface area contributed by atoms with Gasteiger partial charge in [-0.15, -0.1) is 5.10 Å². The summed E-state index contributed by atoms with van der Waals surface area (Å²) in [4.78, 5) is 0. The lowest BCUT2D eigenvalue weighted by molar-refractivity contribution is 0.398. The first-order valence-corrected chi connectivity index (χ1v) is 8.53. The van der Waals surface area contributed by atoms with E-state index in [4.69, 9.17) is 0 Å². The molecular weight excluding hydrogens is 302 g/mol. The molecule has 0 amide bonds. The molecule has 2 aromatic rings. The minimum absolute atomic E-state index is 0.0275. The van der Waals surface area contributed by atoms with Gasteiger partial charge in [-0.2, -0.15) is 17.0 Å². The van der Waals surface area contributed by atoms with Crippen molar-refractivity contribution in [1.82, 2.24) is 23.6 Å².